The van der Waals surface area contributed by atoms with Crippen LogP contribution in [0.1, 0.15) is 23.7 Å². The maximum absolute atomic E-state index is 3.66. The Labute approximate surface area is 90.6 Å². The highest BCUT2D eigenvalue weighted by atomic mass is 79.9. The molecule has 0 saturated carbocycles. The molecule has 0 nitrogen and oxygen atoms in total. The average molecular weight is 292 g/mol. The number of rotatable bonds is 3. The van der Waals surface area contributed by atoms with Gasteiger partial charge in [0.1, 0.15) is 0 Å². The van der Waals surface area contributed by atoms with Gasteiger partial charge in [0.15, 0.2) is 0 Å². The van der Waals surface area contributed by atoms with Gasteiger partial charge in [-0.3, -0.25) is 0 Å². The van der Waals surface area contributed by atoms with Crippen molar-refractivity contribution in [2.24, 2.45) is 0 Å². The Morgan fingerprint density at radius 2 is 1.75 bits per heavy atom. The van der Waals surface area contributed by atoms with E-state index < -0.39 is 0 Å². The normalized spacial score (nSPS) is 15.6. The third-order valence-electron chi connectivity index (χ3n) is 1.83. The van der Waals surface area contributed by atoms with E-state index in [-0.39, 0.29) is 0 Å². The van der Waals surface area contributed by atoms with Gasteiger partial charge in [-0.25, -0.2) is 0 Å². The summed E-state index contributed by atoms with van der Waals surface area (Å²) in [4.78, 5) is 0.934. The molecular formula is C10H12Br2. The molecule has 1 rings (SSSR count). The fraction of sp³-hybridized carbons (Fsp3) is 0.400. The predicted octanol–water partition coefficient (Wildman–Crippen LogP) is 4.30. The molecular weight excluding hydrogens is 280 g/mol. The smallest absolute Gasteiger partial charge is 0.0520 e. The van der Waals surface area contributed by atoms with Crippen LogP contribution in [0.3, 0.4) is 0 Å². The van der Waals surface area contributed by atoms with Crippen molar-refractivity contribution in [1.29, 1.82) is 0 Å². The first kappa shape index (κ1) is 10.3. The second-order valence-corrected chi connectivity index (χ2v) is 4.90. The minimum Gasteiger partial charge on any atom is -0.0875 e. The van der Waals surface area contributed by atoms with Crippen molar-refractivity contribution < 1.29 is 0 Å². The third kappa shape index (κ3) is 2.60. The van der Waals surface area contributed by atoms with Crippen LogP contribution in [0.4, 0.5) is 0 Å². The molecule has 0 heterocycles. The summed E-state index contributed by atoms with van der Waals surface area (Å²) in [6.45, 7) is 2.18. The Balaban J connectivity index is 2.71. The van der Waals surface area contributed by atoms with Crippen LogP contribution in [0.15, 0.2) is 30.3 Å². The van der Waals surface area contributed by atoms with E-state index in [1.807, 2.05) is 6.07 Å². The van der Waals surface area contributed by atoms with Gasteiger partial charge in [-0.1, -0.05) is 69.1 Å². The second-order valence-electron chi connectivity index (χ2n) is 2.74. The van der Waals surface area contributed by atoms with Crippen molar-refractivity contribution in [2.45, 2.75) is 23.0 Å². The highest BCUT2D eigenvalue weighted by molar-refractivity contribution is 9.12. The Kier molecular flexibility index (Phi) is 4.30. The molecule has 66 valence electrons. The number of benzene rings is 1. The van der Waals surface area contributed by atoms with E-state index >= 15 is 0 Å². The van der Waals surface area contributed by atoms with Crippen LogP contribution in [0.5, 0.6) is 0 Å². The minimum atomic E-state index is 0.420. The molecule has 2 heteroatoms. The highest BCUT2D eigenvalue weighted by Gasteiger charge is 2.14. The first-order valence-electron chi connectivity index (χ1n) is 4.08. The Hall–Kier alpha value is 0.180. The summed E-state index contributed by atoms with van der Waals surface area (Å²) < 4.78 is 0. The fourth-order valence-corrected chi connectivity index (χ4v) is 2.04. The molecule has 12 heavy (non-hydrogen) atoms. The summed E-state index contributed by atoms with van der Waals surface area (Å²) in [6, 6.07) is 10.5. The van der Waals surface area contributed by atoms with Crippen molar-refractivity contribution in [1.82, 2.24) is 0 Å². The molecule has 1 aromatic carbocycles. The van der Waals surface area contributed by atoms with Gasteiger partial charge in [0, 0.05) is 4.83 Å². The maximum atomic E-state index is 3.66. The summed E-state index contributed by atoms with van der Waals surface area (Å²) in [5.41, 5.74) is 1.33. The molecule has 1 aromatic rings. The van der Waals surface area contributed by atoms with Gasteiger partial charge in [-0.2, -0.15) is 0 Å². The lowest BCUT2D eigenvalue weighted by Crippen LogP contribution is -2.04. The van der Waals surface area contributed by atoms with Crippen molar-refractivity contribution in [3.05, 3.63) is 35.9 Å². The summed E-state index contributed by atoms with van der Waals surface area (Å²) in [5.74, 6) is 0. The monoisotopic (exact) mass is 290 g/mol. The molecule has 0 saturated heterocycles. The van der Waals surface area contributed by atoms with Gasteiger partial charge in [-0.15, -0.1) is 0 Å². The Bertz CT molecular complexity index is 221. The van der Waals surface area contributed by atoms with E-state index in [2.05, 4.69) is 63.0 Å². The van der Waals surface area contributed by atoms with Crippen molar-refractivity contribution in [3.63, 3.8) is 0 Å². The van der Waals surface area contributed by atoms with Crippen molar-refractivity contribution in [2.75, 3.05) is 0 Å². The lowest BCUT2D eigenvalue weighted by Gasteiger charge is -2.14. The first-order chi connectivity index (χ1) is 5.75. The van der Waals surface area contributed by atoms with Gasteiger partial charge in [-0.05, 0) is 12.0 Å². The maximum Gasteiger partial charge on any atom is 0.0520 e. The lowest BCUT2D eigenvalue weighted by molar-refractivity contribution is 0.823. The van der Waals surface area contributed by atoms with Crippen LogP contribution in [0.2, 0.25) is 0 Å². The third-order valence-corrected chi connectivity index (χ3v) is 4.88. The molecule has 0 aromatic heterocycles. The van der Waals surface area contributed by atoms with E-state index in [9.17, 15) is 0 Å². The minimum absolute atomic E-state index is 0.420. The van der Waals surface area contributed by atoms with Crippen LogP contribution >= 0.6 is 31.9 Å². The second kappa shape index (κ2) is 5.03. The summed E-state index contributed by atoms with van der Waals surface area (Å²) in [6.07, 6.45) is 1.13. The van der Waals surface area contributed by atoms with Gasteiger partial charge in [0.05, 0.1) is 4.83 Å². The first-order valence-corrected chi connectivity index (χ1v) is 5.92. The molecule has 2 atom stereocenters. The molecule has 0 radical (unpaired) electrons. The van der Waals surface area contributed by atoms with E-state index in [0.717, 1.165) is 6.42 Å². The molecule has 0 unspecified atom stereocenters. The predicted molar refractivity (Wildman–Crippen MR) is 61.1 cm³/mol. The van der Waals surface area contributed by atoms with Crippen LogP contribution in [-0.4, -0.2) is 4.83 Å². The van der Waals surface area contributed by atoms with Crippen LogP contribution < -0.4 is 0 Å². The van der Waals surface area contributed by atoms with Gasteiger partial charge in [0.25, 0.3) is 0 Å². The zero-order valence-electron chi connectivity index (χ0n) is 7.00. The summed E-state index contributed by atoms with van der Waals surface area (Å²) in [7, 11) is 0. The Morgan fingerprint density at radius 1 is 1.17 bits per heavy atom. The molecule has 0 N–H and O–H groups in total. The lowest BCUT2D eigenvalue weighted by atomic mass is 10.1. The van der Waals surface area contributed by atoms with E-state index in [4.69, 9.17) is 0 Å². The number of hydrogen-bond donors (Lipinski definition) is 0. The fourth-order valence-electron chi connectivity index (χ4n) is 1.05. The van der Waals surface area contributed by atoms with Crippen molar-refractivity contribution >= 4 is 31.9 Å². The topological polar surface area (TPSA) is 0 Å². The molecule has 0 aliphatic rings. The zero-order valence-corrected chi connectivity index (χ0v) is 10.2. The van der Waals surface area contributed by atoms with Crippen LogP contribution in [-0.2, 0) is 0 Å². The quantitative estimate of drug-likeness (QED) is 0.729. The Morgan fingerprint density at radius 3 is 2.25 bits per heavy atom. The van der Waals surface area contributed by atoms with E-state index in [1.165, 1.54) is 5.56 Å². The van der Waals surface area contributed by atoms with Gasteiger partial charge >= 0.3 is 0 Å². The molecule has 0 aliphatic carbocycles. The van der Waals surface area contributed by atoms with E-state index in [0.29, 0.717) is 9.65 Å². The molecule has 0 spiro atoms. The summed E-state index contributed by atoms with van der Waals surface area (Å²) in [5, 5.41) is 0. The van der Waals surface area contributed by atoms with E-state index in [1.54, 1.807) is 0 Å². The molecule has 0 amide bonds. The van der Waals surface area contributed by atoms with Gasteiger partial charge in [0.2, 0.25) is 0 Å². The molecule has 0 bridgehead atoms. The zero-order chi connectivity index (χ0) is 8.97. The number of halogens is 2. The largest absolute Gasteiger partial charge is 0.0875 e. The van der Waals surface area contributed by atoms with Crippen LogP contribution in [0.25, 0.3) is 0 Å². The SMILES string of the molecule is CC[C@H](Br)[C@H](Br)c1ccccc1. The molecule has 0 fully saturated rings. The van der Waals surface area contributed by atoms with Gasteiger partial charge < -0.3 is 0 Å². The highest BCUT2D eigenvalue weighted by Crippen LogP contribution is 2.32. The molecule has 0 aliphatic heterocycles. The van der Waals surface area contributed by atoms with Crippen LogP contribution in [0, 0.1) is 0 Å². The van der Waals surface area contributed by atoms with Crippen molar-refractivity contribution in [3.8, 4) is 0 Å². The standard InChI is InChI=1S/C10H12Br2/c1-2-9(11)10(12)8-6-4-3-5-7-8/h3-7,9-10H,2H2,1H3/t9-,10+/m0/s1. The number of hydrogen-bond acceptors (Lipinski definition) is 0. The summed E-state index contributed by atoms with van der Waals surface area (Å²) >= 11 is 7.30. The number of alkyl halides is 2. The average Bonchev–Trinajstić information content (AvgIpc) is 2.17.